The van der Waals surface area contributed by atoms with Crippen molar-refractivity contribution >= 4 is 23.7 Å². The standard InChI is InChI=1S/C15H17NO4/c17-14(18)6-3-11-1-4-13(5-2-11)16-9-7-12(8-10-16)15(19)20/h1-6,12H,7-10H2,(H,17,18)(H,19,20)/b6-3+. The Kier molecular flexibility index (Phi) is 4.40. The van der Waals surface area contributed by atoms with Crippen molar-refractivity contribution < 1.29 is 19.8 Å². The predicted molar refractivity (Wildman–Crippen MR) is 75.7 cm³/mol. The fourth-order valence-corrected chi connectivity index (χ4v) is 2.35. The first-order valence-corrected chi connectivity index (χ1v) is 6.55. The first-order chi connectivity index (χ1) is 9.56. The van der Waals surface area contributed by atoms with Crippen molar-refractivity contribution in [3.63, 3.8) is 0 Å². The molecule has 0 spiro atoms. The summed E-state index contributed by atoms with van der Waals surface area (Å²) in [6, 6.07) is 7.58. The third kappa shape index (κ3) is 3.60. The molecule has 0 aromatic heterocycles. The molecule has 0 unspecified atom stereocenters. The number of hydrogen-bond acceptors (Lipinski definition) is 3. The van der Waals surface area contributed by atoms with Crippen molar-refractivity contribution in [2.75, 3.05) is 18.0 Å². The maximum absolute atomic E-state index is 10.9. The number of rotatable bonds is 4. The molecule has 5 heteroatoms. The van der Waals surface area contributed by atoms with Crippen LogP contribution in [0.3, 0.4) is 0 Å². The van der Waals surface area contributed by atoms with Crippen LogP contribution in [0.5, 0.6) is 0 Å². The van der Waals surface area contributed by atoms with Crippen molar-refractivity contribution in [3.8, 4) is 0 Å². The van der Waals surface area contributed by atoms with E-state index in [4.69, 9.17) is 10.2 Å². The predicted octanol–water partition coefficient (Wildman–Crippen LogP) is 2.09. The lowest BCUT2D eigenvalue weighted by molar-refractivity contribution is -0.142. The van der Waals surface area contributed by atoms with Crippen LogP contribution in [0.25, 0.3) is 6.08 Å². The summed E-state index contributed by atoms with van der Waals surface area (Å²) in [6.45, 7) is 1.47. The number of nitrogens with zero attached hydrogens (tertiary/aromatic N) is 1. The Hall–Kier alpha value is -2.30. The topological polar surface area (TPSA) is 77.8 Å². The highest BCUT2D eigenvalue weighted by atomic mass is 16.4. The van der Waals surface area contributed by atoms with Gasteiger partial charge < -0.3 is 15.1 Å². The fraction of sp³-hybridized carbons (Fsp3) is 0.333. The second-order valence-corrected chi connectivity index (χ2v) is 4.86. The first kappa shape index (κ1) is 14.1. The number of carboxylic acid groups (broad SMARTS) is 2. The van der Waals surface area contributed by atoms with Crippen molar-refractivity contribution in [2.45, 2.75) is 12.8 Å². The molecule has 2 N–H and O–H groups in total. The number of benzene rings is 1. The van der Waals surface area contributed by atoms with Gasteiger partial charge in [0.05, 0.1) is 5.92 Å². The second-order valence-electron chi connectivity index (χ2n) is 4.86. The highest BCUT2D eigenvalue weighted by molar-refractivity contribution is 5.85. The minimum atomic E-state index is -0.968. The van der Waals surface area contributed by atoms with Crippen LogP contribution >= 0.6 is 0 Å². The van der Waals surface area contributed by atoms with Gasteiger partial charge in [-0.25, -0.2) is 4.79 Å². The van der Waals surface area contributed by atoms with Crippen LogP contribution in [0.4, 0.5) is 5.69 Å². The van der Waals surface area contributed by atoms with E-state index >= 15 is 0 Å². The molecule has 5 nitrogen and oxygen atoms in total. The third-order valence-electron chi connectivity index (χ3n) is 3.52. The van der Waals surface area contributed by atoms with E-state index < -0.39 is 11.9 Å². The molecule has 0 saturated carbocycles. The largest absolute Gasteiger partial charge is 0.481 e. The minimum Gasteiger partial charge on any atom is -0.481 e. The minimum absolute atomic E-state index is 0.232. The molecule has 0 radical (unpaired) electrons. The Morgan fingerprint density at radius 3 is 2.20 bits per heavy atom. The molecule has 2 rings (SSSR count). The maximum atomic E-state index is 10.9. The SMILES string of the molecule is O=C(O)/C=C/c1ccc(N2CCC(C(=O)O)CC2)cc1. The van der Waals surface area contributed by atoms with Crippen LogP contribution in [-0.4, -0.2) is 35.2 Å². The Morgan fingerprint density at radius 2 is 1.70 bits per heavy atom. The zero-order valence-corrected chi connectivity index (χ0v) is 11.0. The summed E-state index contributed by atoms with van der Waals surface area (Å²) in [5.74, 6) is -1.91. The average molecular weight is 275 g/mol. The summed E-state index contributed by atoms with van der Waals surface area (Å²) < 4.78 is 0. The monoisotopic (exact) mass is 275 g/mol. The maximum Gasteiger partial charge on any atom is 0.328 e. The van der Waals surface area contributed by atoms with E-state index in [2.05, 4.69) is 4.90 Å². The molecule has 106 valence electrons. The number of hydrogen-bond donors (Lipinski definition) is 2. The van der Waals surface area contributed by atoms with E-state index in [-0.39, 0.29) is 5.92 Å². The molecule has 0 amide bonds. The lowest BCUT2D eigenvalue weighted by atomic mass is 9.96. The van der Waals surface area contributed by atoms with Gasteiger partial charge in [0, 0.05) is 24.9 Å². The lowest BCUT2D eigenvalue weighted by Gasteiger charge is -2.32. The van der Waals surface area contributed by atoms with Crippen molar-refractivity contribution in [2.24, 2.45) is 5.92 Å². The van der Waals surface area contributed by atoms with Gasteiger partial charge in [-0.1, -0.05) is 12.1 Å². The van der Waals surface area contributed by atoms with Gasteiger partial charge in [0.25, 0.3) is 0 Å². The summed E-state index contributed by atoms with van der Waals surface area (Å²) in [5, 5.41) is 17.5. The number of aliphatic carboxylic acids is 2. The zero-order valence-electron chi connectivity index (χ0n) is 11.0. The molecule has 1 saturated heterocycles. The summed E-state index contributed by atoms with van der Waals surface area (Å²) in [5.41, 5.74) is 1.87. The van der Waals surface area contributed by atoms with Crippen LogP contribution in [-0.2, 0) is 9.59 Å². The van der Waals surface area contributed by atoms with E-state index in [0.29, 0.717) is 12.8 Å². The van der Waals surface area contributed by atoms with Crippen LogP contribution in [0.15, 0.2) is 30.3 Å². The molecule has 1 aromatic rings. The van der Waals surface area contributed by atoms with Crippen molar-refractivity contribution in [1.29, 1.82) is 0 Å². The molecule has 20 heavy (non-hydrogen) atoms. The molecular formula is C15H17NO4. The number of piperidine rings is 1. The number of anilines is 1. The second kappa shape index (κ2) is 6.23. The normalized spacial score (nSPS) is 16.5. The molecule has 0 aliphatic carbocycles. The highest BCUT2D eigenvalue weighted by Crippen LogP contribution is 2.23. The van der Waals surface area contributed by atoms with Gasteiger partial charge in [0.1, 0.15) is 0 Å². The van der Waals surface area contributed by atoms with Crippen molar-refractivity contribution in [3.05, 3.63) is 35.9 Å². The van der Waals surface area contributed by atoms with Crippen LogP contribution in [0, 0.1) is 5.92 Å². The molecule has 0 atom stereocenters. The van der Waals surface area contributed by atoms with E-state index in [0.717, 1.165) is 30.4 Å². The molecule has 1 aliphatic rings. The van der Waals surface area contributed by atoms with E-state index in [1.54, 1.807) is 6.08 Å². The van der Waals surface area contributed by atoms with Crippen LogP contribution in [0.1, 0.15) is 18.4 Å². The van der Waals surface area contributed by atoms with Gasteiger partial charge in [0.2, 0.25) is 0 Å². The fourth-order valence-electron chi connectivity index (χ4n) is 2.35. The molecule has 1 aromatic carbocycles. The van der Waals surface area contributed by atoms with Gasteiger partial charge in [0.15, 0.2) is 0 Å². The third-order valence-corrected chi connectivity index (χ3v) is 3.52. The Balaban J connectivity index is 1.97. The van der Waals surface area contributed by atoms with Gasteiger partial charge in [-0.05, 0) is 36.6 Å². The summed E-state index contributed by atoms with van der Waals surface area (Å²) >= 11 is 0. The Labute approximate surface area is 117 Å². The van der Waals surface area contributed by atoms with Crippen LogP contribution in [0.2, 0.25) is 0 Å². The van der Waals surface area contributed by atoms with E-state index in [9.17, 15) is 9.59 Å². The lowest BCUT2D eigenvalue weighted by Crippen LogP contribution is -2.36. The van der Waals surface area contributed by atoms with Gasteiger partial charge in [-0.2, -0.15) is 0 Å². The molecule has 1 fully saturated rings. The van der Waals surface area contributed by atoms with Crippen LogP contribution < -0.4 is 4.90 Å². The van der Waals surface area contributed by atoms with Gasteiger partial charge in [-0.15, -0.1) is 0 Å². The summed E-state index contributed by atoms with van der Waals surface area (Å²) in [4.78, 5) is 23.5. The summed E-state index contributed by atoms with van der Waals surface area (Å²) in [6.07, 6.45) is 3.97. The first-order valence-electron chi connectivity index (χ1n) is 6.55. The molecule has 0 bridgehead atoms. The number of carbonyl (C=O) groups is 2. The average Bonchev–Trinajstić information content (AvgIpc) is 2.46. The Morgan fingerprint density at radius 1 is 1.10 bits per heavy atom. The number of carboxylic acids is 2. The highest BCUT2D eigenvalue weighted by Gasteiger charge is 2.24. The summed E-state index contributed by atoms with van der Waals surface area (Å²) in [7, 11) is 0. The smallest absolute Gasteiger partial charge is 0.328 e. The van der Waals surface area contributed by atoms with Gasteiger partial charge >= 0.3 is 11.9 Å². The molecule has 1 heterocycles. The molecule has 1 aliphatic heterocycles. The van der Waals surface area contributed by atoms with Crippen molar-refractivity contribution in [1.82, 2.24) is 0 Å². The zero-order chi connectivity index (χ0) is 14.5. The quantitative estimate of drug-likeness (QED) is 0.823. The van der Waals surface area contributed by atoms with E-state index in [1.165, 1.54) is 0 Å². The molecular weight excluding hydrogens is 258 g/mol. The van der Waals surface area contributed by atoms with Gasteiger partial charge in [-0.3, -0.25) is 4.79 Å². The van der Waals surface area contributed by atoms with E-state index in [1.807, 2.05) is 24.3 Å². The Bertz CT molecular complexity index is 513.